The van der Waals surface area contributed by atoms with Gasteiger partial charge in [0.25, 0.3) is 0 Å². The van der Waals surface area contributed by atoms with Crippen molar-refractivity contribution < 1.29 is 9.90 Å². The predicted octanol–water partition coefficient (Wildman–Crippen LogP) is 1.33. The molecule has 20 heavy (non-hydrogen) atoms. The summed E-state index contributed by atoms with van der Waals surface area (Å²) in [6, 6.07) is 3.55. The average molecular weight is 275 g/mol. The third kappa shape index (κ3) is 5.35. The second-order valence-corrected chi connectivity index (χ2v) is 4.13. The van der Waals surface area contributed by atoms with Crippen LogP contribution >= 0.6 is 0 Å². The van der Waals surface area contributed by atoms with Gasteiger partial charge in [-0.05, 0) is 25.0 Å². The van der Waals surface area contributed by atoms with E-state index in [9.17, 15) is 4.79 Å². The summed E-state index contributed by atoms with van der Waals surface area (Å²) in [7, 11) is 0. The molecule has 7 nitrogen and oxygen atoms in total. The fourth-order valence-electron chi connectivity index (χ4n) is 1.73. The zero-order valence-corrected chi connectivity index (χ0v) is 11.1. The van der Waals surface area contributed by atoms with Crippen molar-refractivity contribution in [2.24, 2.45) is 10.7 Å². The number of carboxylic acids is 1. The zero-order valence-electron chi connectivity index (χ0n) is 11.1. The van der Waals surface area contributed by atoms with Crippen LogP contribution in [0.1, 0.15) is 25.7 Å². The Labute approximate surface area is 117 Å². The van der Waals surface area contributed by atoms with Crippen LogP contribution < -0.4 is 10.6 Å². The van der Waals surface area contributed by atoms with E-state index in [1.54, 1.807) is 35.6 Å². The summed E-state index contributed by atoms with van der Waals surface area (Å²) in [6.07, 6.45) is 7.24. The number of nitriles is 1. The van der Waals surface area contributed by atoms with Crippen LogP contribution in [0.5, 0.6) is 0 Å². The van der Waals surface area contributed by atoms with Crippen LogP contribution in [-0.2, 0) is 4.79 Å². The van der Waals surface area contributed by atoms with E-state index in [0.717, 1.165) is 18.5 Å². The molecule has 1 aromatic rings. The van der Waals surface area contributed by atoms with E-state index in [2.05, 4.69) is 9.98 Å². The molecule has 0 spiro atoms. The molecule has 0 bridgehead atoms. The summed E-state index contributed by atoms with van der Waals surface area (Å²) in [4.78, 5) is 19.6. The molecule has 0 aliphatic heterocycles. The lowest BCUT2D eigenvalue weighted by Gasteiger charge is -2.22. The fourth-order valence-corrected chi connectivity index (χ4v) is 1.73. The number of aliphatic carboxylic acids is 1. The van der Waals surface area contributed by atoms with Crippen molar-refractivity contribution in [1.29, 1.82) is 5.26 Å². The maximum Gasteiger partial charge on any atom is 0.303 e. The number of unbranched alkanes of at least 4 members (excludes halogenated alkanes) is 2. The van der Waals surface area contributed by atoms with Crippen molar-refractivity contribution in [3.8, 4) is 6.19 Å². The average Bonchev–Trinajstić information content (AvgIpc) is 2.43. The van der Waals surface area contributed by atoms with Crippen LogP contribution in [0.25, 0.3) is 0 Å². The number of hydrogen-bond acceptors (Lipinski definition) is 4. The molecule has 0 atom stereocenters. The number of carboxylic acid groups (broad SMARTS) is 1. The van der Waals surface area contributed by atoms with Gasteiger partial charge in [-0.1, -0.05) is 6.42 Å². The highest BCUT2D eigenvalue weighted by molar-refractivity contribution is 5.95. The van der Waals surface area contributed by atoms with Crippen molar-refractivity contribution in [2.75, 3.05) is 11.4 Å². The number of nitrogens with zero attached hydrogens (tertiary/aromatic N) is 4. The molecule has 0 saturated heterocycles. The second kappa shape index (κ2) is 8.48. The van der Waals surface area contributed by atoms with Gasteiger partial charge in [-0.15, -0.1) is 4.99 Å². The summed E-state index contributed by atoms with van der Waals surface area (Å²) < 4.78 is 0. The molecule has 0 radical (unpaired) electrons. The molecule has 0 aliphatic carbocycles. The van der Waals surface area contributed by atoms with Gasteiger partial charge in [-0.25, -0.2) is 0 Å². The first-order valence-corrected chi connectivity index (χ1v) is 6.26. The van der Waals surface area contributed by atoms with E-state index in [1.165, 1.54) is 0 Å². The molecular formula is C13H17N5O2. The van der Waals surface area contributed by atoms with Gasteiger partial charge >= 0.3 is 5.97 Å². The highest BCUT2D eigenvalue weighted by Crippen LogP contribution is 2.13. The van der Waals surface area contributed by atoms with E-state index in [4.69, 9.17) is 16.1 Å². The summed E-state index contributed by atoms with van der Waals surface area (Å²) >= 11 is 0. The first-order valence-electron chi connectivity index (χ1n) is 6.26. The summed E-state index contributed by atoms with van der Waals surface area (Å²) in [6.45, 7) is 0.570. The standard InChI is InChI=1S/C13H17N5O2/c14-10-17-13(15)18(11-5-7-16-8-6-11)9-3-1-2-4-12(19)20/h5-8H,1-4,9H2,(H2,15,17)(H,19,20). The van der Waals surface area contributed by atoms with Crippen LogP contribution in [0.15, 0.2) is 29.5 Å². The first kappa shape index (κ1) is 15.4. The Bertz CT molecular complexity index is 495. The van der Waals surface area contributed by atoms with Crippen LogP contribution in [0, 0.1) is 11.5 Å². The lowest BCUT2D eigenvalue weighted by Crippen LogP contribution is -2.38. The Hall–Kier alpha value is -2.62. The van der Waals surface area contributed by atoms with Gasteiger partial charge in [0, 0.05) is 31.0 Å². The fraction of sp³-hybridized carbons (Fsp3) is 0.385. The second-order valence-electron chi connectivity index (χ2n) is 4.13. The molecule has 0 saturated carbocycles. The quantitative estimate of drug-likeness (QED) is 0.335. The molecule has 106 valence electrons. The number of nitrogens with two attached hydrogens (primary N) is 1. The minimum absolute atomic E-state index is 0.122. The van der Waals surface area contributed by atoms with Crippen LogP contribution in [0.3, 0.4) is 0 Å². The molecule has 1 heterocycles. The van der Waals surface area contributed by atoms with Crippen LogP contribution in [0.4, 0.5) is 5.69 Å². The third-order valence-corrected chi connectivity index (χ3v) is 2.69. The highest BCUT2D eigenvalue weighted by atomic mass is 16.4. The van der Waals surface area contributed by atoms with E-state index >= 15 is 0 Å². The maximum atomic E-state index is 10.4. The lowest BCUT2D eigenvalue weighted by molar-refractivity contribution is -0.137. The lowest BCUT2D eigenvalue weighted by atomic mass is 10.2. The number of aliphatic imine (C=N–C) groups is 1. The van der Waals surface area contributed by atoms with Gasteiger partial charge in [0.1, 0.15) is 0 Å². The minimum Gasteiger partial charge on any atom is -0.481 e. The minimum atomic E-state index is -0.790. The Morgan fingerprint density at radius 3 is 2.70 bits per heavy atom. The largest absolute Gasteiger partial charge is 0.481 e. The summed E-state index contributed by atoms with van der Waals surface area (Å²) in [5.41, 5.74) is 6.56. The van der Waals surface area contributed by atoms with Crippen molar-refractivity contribution in [1.82, 2.24) is 4.98 Å². The molecule has 0 amide bonds. The van der Waals surface area contributed by atoms with Crippen LogP contribution in [0.2, 0.25) is 0 Å². The molecule has 0 aliphatic rings. The molecule has 0 aromatic carbocycles. The molecule has 1 aromatic heterocycles. The topological polar surface area (TPSA) is 116 Å². The highest BCUT2D eigenvalue weighted by Gasteiger charge is 2.10. The van der Waals surface area contributed by atoms with Crippen molar-refractivity contribution in [3.05, 3.63) is 24.5 Å². The van der Waals surface area contributed by atoms with E-state index < -0.39 is 5.97 Å². The Balaban J connectivity index is 2.59. The number of rotatable bonds is 7. The molecular weight excluding hydrogens is 258 g/mol. The van der Waals surface area contributed by atoms with Gasteiger partial charge in [0.15, 0.2) is 0 Å². The molecule has 7 heteroatoms. The number of hydrogen-bond donors (Lipinski definition) is 2. The monoisotopic (exact) mass is 275 g/mol. The van der Waals surface area contributed by atoms with Gasteiger partial charge in [0.05, 0.1) is 0 Å². The normalized spacial score (nSPS) is 10.8. The van der Waals surface area contributed by atoms with E-state index in [1.807, 2.05) is 0 Å². The van der Waals surface area contributed by atoms with E-state index in [0.29, 0.717) is 13.0 Å². The first-order chi connectivity index (χ1) is 9.65. The SMILES string of the molecule is N#CN=C(N)N(CCCCCC(=O)O)c1ccncc1. The predicted molar refractivity (Wildman–Crippen MR) is 74.9 cm³/mol. The van der Waals surface area contributed by atoms with Gasteiger partial charge in [-0.2, -0.15) is 5.26 Å². The molecule has 3 N–H and O–H groups in total. The zero-order chi connectivity index (χ0) is 14.8. The van der Waals surface area contributed by atoms with Gasteiger partial charge < -0.3 is 15.7 Å². The Morgan fingerprint density at radius 1 is 1.40 bits per heavy atom. The van der Waals surface area contributed by atoms with Crippen LogP contribution in [-0.4, -0.2) is 28.6 Å². The number of anilines is 1. The summed E-state index contributed by atoms with van der Waals surface area (Å²) in [5.74, 6) is -0.668. The smallest absolute Gasteiger partial charge is 0.303 e. The number of aromatic nitrogens is 1. The number of pyridine rings is 1. The Kier molecular flexibility index (Phi) is 6.54. The van der Waals surface area contributed by atoms with E-state index in [-0.39, 0.29) is 12.4 Å². The third-order valence-electron chi connectivity index (χ3n) is 2.69. The maximum absolute atomic E-state index is 10.4. The van der Waals surface area contributed by atoms with Crippen molar-refractivity contribution >= 4 is 17.6 Å². The van der Waals surface area contributed by atoms with Crippen molar-refractivity contribution in [3.63, 3.8) is 0 Å². The van der Waals surface area contributed by atoms with Gasteiger partial charge in [-0.3, -0.25) is 9.78 Å². The number of carbonyl (C=O) groups is 1. The molecule has 0 unspecified atom stereocenters. The van der Waals surface area contributed by atoms with Gasteiger partial charge in [0.2, 0.25) is 12.2 Å². The molecule has 0 fully saturated rings. The van der Waals surface area contributed by atoms with Crippen molar-refractivity contribution in [2.45, 2.75) is 25.7 Å². The summed E-state index contributed by atoms with van der Waals surface area (Å²) in [5, 5.41) is 17.1. The number of guanidine groups is 1. The Morgan fingerprint density at radius 2 is 2.10 bits per heavy atom. The molecule has 1 rings (SSSR count).